The Hall–Kier alpha value is -1.17. The number of ether oxygens (including phenoxy) is 1. The molecule has 0 radical (unpaired) electrons. The van der Waals surface area contributed by atoms with E-state index in [1.54, 1.807) is 26.3 Å². The molecule has 1 aromatic rings. The van der Waals surface area contributed by atoms with Crippen LogP contribution in [0.25, 0.3) is 0 Å². The minimum Gasteiger partial charge on any atom is -0.383 e. The first-order valence-electron chi connectivity index (χ1n) is 5.37. The standard InChI is InChI=1S/C12H17FN2O2.ClH/c1-15(11-5-3-10(13)4-6-11)12(16)9-14-7-8-17-2;/h3-6,14H,7-9H2,1-2H3;1H. The summed E-state index contributed by atoms with van der Waals surface area (Å²) in [6, 6.07) is 5.81. The highest BCUT2D eigenvalue weighted by atomic mass is 35.5. The molecule has 0 aliphatic heterocycles. The van der Waals surface area contributed by atoms with Crippen molar-refractivity contribution in [3.05, 3.63) is 30.1 Å². The third-order valence-corrected chi connectivity index (χ3v) is 2.35. The number of nitrogens with one attached hydrogen (secondary N) is 1. The summed E-state index contributed by atoms with van der Waals surface area (Å²) in [5, 5.41) is 2.96. The van der Waals surface area contributed by atoms with Gasteiger partial charge in [-0.3, -0.25) is 4.79 Å². The molecule has 102 valence electrons. The van der Waals surface area contributed by atoms with Gasteiger partial charge in [-0.05, 0) is 24.3 Å². The number of anilines is 1. The number of carbonyl (C=O) groups excluding carboxylic acids is 1. The number of carbonyl (C=O) groups is 1. The lowest BCUT2D eigenvalue weighted by atomic mass is 10.3. The van der Waals surface area contributed by atoms with Crippen LogP contribution in [0.5, 0.6) is 0 Å². The van der Waals surface area contributed by atoms with Crippen LogP contribution in [0.3, 0.4) is 0 Å². The highest BCUT2D eigenvalue weighted by molar-refractivity contribution is 5.94. The Labute approximate surface area is 113 Å². The van der Waals surface area contributed by atoms with Gasteiger partial charge < -0.3 is 15.0 Å². The van der Waals surface area contributed by atoms with Gasteiger partial charge in [0.25, 0.3) is 0 Å². The number of amides is 1. The molecule has 1 amide bonds. The minimum absolute atomic E-state index is 0. The predicted molar refractivity (Wildman–Crippen MR) is 71.8 cm³/mol. The SMILES string of the molecule is COCCNCC(=O)N(C)c1ccc(F)cc1.Cl. The van der Waals surface area contributed by atoms with Gasteiger partial charge in [0.1, 0.15) is 5.82 Å². The lowest BCUT2D eigenvalue weighted by molar-refractivity contribution is -0.117. The molecule has 1 N–H and O–H groups in total. The molecule has 0 aromatic heterocycles. The Balaban J connectivity index is 0.00000289. The van der Waals surface area contributed by atoms with Crippen LogP contribution in [-0.2, 0) is 9.53 Å². The smallest absolute Gasteiger partial charge is 0.240 e. The van der Waals surface area contributed by atoms with Gasteiger partial charge in [0.15, 0.2) is 0 Å². The molecule has 0 fully saturated rings. The molecule has 18 heavy (non-hydrogen) atoms. The summed E-state index contributed by atoms with van der Waals surface area (Å²) in [7, 11) is 3.27. The first kappa shape index (κ1) is 16.8. The Kier molecular flexibility index (Phi) is 8.28. The van der Waals surface area contributed by atoms with Crippen LogP contribution in [-0.4, -0.2) is 39.8 Å². The normalized spacial score (nSPS) is 9.72. The van der Waals surface area contributed by atoms with E-state index in [9.17, 15) is 9.18 Å². The lowest BCUT2D eigenvalue weighted by Gasteiger charge is -2.17. The first-order valence-corrected chi connectivity index (χ1v) is 5.37. The number of likely N-dealkylation sites (N-methyl/N-ethyl adjacent to an activating group) is 1. The summed E-state index contributed by atoms with van der Waals surface area (Å²) in [5.74, 6) is -0.388. The molecule has 0 aliphatic rings. The number of hydrogen-bond donors (Lipinski definition) is 1. The van der Waals surface area contributed by atoms with Crippen molar-refractivity contribution < 1.29 is 13.9 Å². The summed E-state index contributed by atoms with van der Waals surface area (Å²) in [6.45, 7) is 1.42. The topological polar surface area (TPSA) is 41.6 Å². The third kappa shape index (κ3) is 5.44. The largest absolute Gasteiger partial charge is 0.383 e. The Morgan fingerprint density at radius 3 is 2.56 bits per heavy atom. The van der Waals surface area contributed by atoms with E-state index in [1.165, 1.54) is 17.0 Å². The molecule has 1 aromatic carbocycles. The predicted octanol–water partition coefficient (Wildman–Crippen LogP) is 1.45. The van der Waals surface area contributed by atoms with E-state index >= 15 is 0 Å². The summed E-state index contributed by atoms with van der Waals surface area (Å²) in [4.78, 5) is 13.2. The number of hydrogen-bond acceptors (Lipinski definition) is 3. The van der Waals surface area contributed by atoms with Crippen LogP contribution in [0, 0.1) is 5.82 Å². The second-order valence-corrected chi connectivity index (χ2v) is 3.60. The molecule has 6 heteroatoms. The second kappa shape index (κ2) is 8.85. The van der Waals surface area contributed by atoms with Crippen LogP contribution in [0.1, 0.15) is 0 Å². The van der Waals surface area contributed by atoms with Gasteiger partial charge in [-0.15, -0.1) is 12.4 Å². The van der Waals surface area contributed by atoms with Crippen molar-refractivity contribution in [3.63, 3.8) is 0 Å². The van der Waals surface area contributed by atoms with Gasteiger partial charge in [0.05, 0.1) is 13.2 Å². The maximum Gasteiger partial charge on any atom is 0.240 e. The van der Waals surface area contributed by atoms with E-state index in [1.807, 2.05) is 0 Å². The molecule has 0 saturated carbocycles. The van der Waals surface area contributed by atoms with Gasteiger partial charge >= 0.3 is 0 Å². The molecular weight excluding hydrogens is 259 g/mol. The van der Waals surface area contributed by atoms with E-state index in [0.29, 0.717) is 18.8 Å². The zero-order chi connectivity index (χ0) is 12.7. The van der Waals surface area contributed by atoms with Crippen molar-refractivity contribution in [1.82, 2.24) is 5.32 Å². The fraction of sp³-hybridized carbons (Fsp3) is 0.417. The zero-order valence-electron chi connectivity index (χ0n) is 10.5. The number of rotatable bonds is 6. The van der Waals surface area contributed by atoms with Gasteiger partial charge in [0, 0.05) is 26.4 Å². The molecule has 0 atom stereocenters. The first-order chi connectivity index (χ1) is 8.15. The maximum absolute atomic E-state index is 12.7. The zero-order valence-corrected chi connectivity index (χ0v) is 11.3. The fourth-order valence-corrected chi connectivity index (χ4v) is 1.30. The molecule has 0 bridgehead atoms. The maximum atomic E-state index is 12.7. The number of halogens is 2. The Bertz CT molecular complexity index is 360. The van der Waals surface area contributed by atoms with Gasteiger partial charge in [-0.1, -0.05) is 0 Å². The van der Waals surface area contributed by atoms with Crippen LogP contribution in [0.4, 0.5) is 10.1 Å². The Morgan fingerprint density at radius 2 is 2.00 bits per heavy atom. The minimum atomic E-state index is -0.312. The summed E-state index contributed by atoms with van der Waals surface area (Å²) in [5.41, 5.74) is 0.671. The molecule has 0 aliphatic carbocycles. The number of benzene rings is 1. The monoisotopic (exact) mass is 276 g/mol. The second-order valence-electron chi connectivity index (χ2n) is 3.60. The van der Waals surface area contributed by atoms with Crippen LogP contribution < -0.4 is 10.2 Å². The van der Waals surface area contributed by atoms with Crippen LogP contribution >= 0.6 is 12.4 Å². The van der Waals surface area contributed by atoms with Crippen molar-refractivity contribution in [2.75, 3.05) is 38.8 Å². The van der Waals surface area contributed by atoms with Gasteiger partial charge in [-0.25, -0.2) is 4.39 Å². The highest BCUT2D eigenvalue weighted by Gasteiger charge is 2.09. The summed E-state index contributed by atoms with van der Waals surface area (Å²) < 4.78 is 17.6. The molecule has 4 nitrogen and oxygen atoms in total. The third-order valence-electron chi connectivity index (χ3n) is 2.35. The van der Waals surface area contributed by atoms with Crippen molar-refractivity contribution in [1.29, 1.82) is 0 Å². The molecule has 0 heterocycles. The van der Waals surface area contributed by atoms with Gasteiger partial charge in [-0.2, -0.15) is 0 Å². The van der Waals surface area contributed by atoms with E-state index in [0.717, 1.165) is 0 Å². The van der Waals surface area contributed by atoms with Crippen LogP contribution in [0.2, 0.25) is 0 Å². The van der Waals surface area contributed by atoms with E-state index in [-0.39, 0.29) is 30.7 Å². The number of nitrogens with zero attached hydrogens (tertiary/aromatic N) is 1. The number of methoxy groups -OCH3 is 1. The molecule has 0 saturated heterocycles. The molecule has 0 spiro atoms. The fourth-order valence-electron chi connectivity index (χ4n) is 1.30. The lowest BCUT2D eigenvalue weighted by Crippen LogP contribution is -2.36. The van der Waals surface area contributed by atoms with Crippen molar-refractivity contribution in [2.24, 2.45) is 0 Å². The average Bonchev–Trinajstić information content (AvgIpc) is 2.34. The molecule has 1 rings (SSSR count). The van der Waals surface area contributed by atoms with E-state index in [4.69, 9.17) is 4.74 Å². The highest BCUT2D eigenvalue weighted by Crippen LogP contribution is 2.12. The van der Waals surface area contributed by atoms with Crippen LogP contribution in [0.15, 0.2) is 24.3 Å². The average molecular weight is 277 g/mol. The van der Waals surface area contributed by atoms with Crippen molar-refractivity contribution in [3.8, 4) is 0 Å². The quantitative estimate of drug-likeness (QED) is 0.800. The van der Waals surface area contributed by atoms with Gasteiger partial charge in [0.2, 0.25) is 5.91 Å². The summed E-state index contributed by atoms with van der Waals surface area (Å²) in [6.07, 6.45) is 0. The van der Waals surface area contributed by atoms with Crippen molar-refractivity contribution in [2.45, 2.75) is 0 Å². The molecule has 0 unspecified atom stereocenters. The van der Waals surface area contributed by atoms with Crippen molar-refractivity contribution >= 4 is 24.0 Å². The summed E-state index contributed by atoms with van der Waals surface area (Å²) >= 11 is 0. The van der Waals surface area contributed by atoms with E-state index < -0.39 is 0 Å². The van der Waals surface area contributed by atoms with E-state index in [2.05, 4.69) is 5.32 Å². The Morgan fingerprint density at radius 1 is 1.39 bits per heavy atom. The molecular formula is C12H18ClFN2O2.